The second-order valence-electron chi connectivity index (χ2n) is 7.35. The van der Waals surface area contributed by atoms with Crippen LogP contribution in [0.2, 0.25) is 0 Å². The summed E-state index contributed by atoms with van der Waals surface area (Å²) in [5, 5.41) is 6.14. The number of aromatic nitrogens is 2. The summed E-state index contributed by atoms with van der Waals surface area (Å²) in [5.41, 5.74) is 2.53. The Morgan fingerprint density at radius 3 is 2.68 bits per heavy atom. The minimum absolute atomic E-state index is 0.113. The van der Waals surface area contributed by atoms with Crippen LogP contribution < -0.4 is 15.5 Å². The Labute approximate surface area is 165 Å². The van der Waals surface area contributed by atoms with Gasteiger partial charge in [0.1, 0.15) is 17.8 Å². The molecule has 2 N–H and O–H groups in total. The number of carbonyl (C=O) groups excluding carboxylic acids is 1. The molecule has 4 rings (SSSR count). The number of piperidine rings is 1. The molecule has 148 valence electrons. The molecule has 0 saturated carbocycles. The highest BCUT2D eigenvalue weighted by atomic mass is 16.5. The minimum Gasteiger partial charge on any atom is -0.376 e. The Bertz CT molecular complexity index is 784. The lowest BCUT2D eigenvalue weighted by atomic mass is 10.1. The number of amides is 1. The highest BCUT2D eigenvalue weighted by Crippen LogP contribution is 2.23. The van der Waals surface area contributed by atoms with Crippen LogP contribution in [0.1, 0.15) is 42.6 Å². The second kappa shape index (κ2) is 9.01. The third-order valence-electron chi connectivity index (χ3n) is 5.27. The van der Waals surface area contributed by atoms with Crippen LogP contribution in [0.5, 0.6) is 0 Å². The monoisotopic (exact) mass is 381 g/mol. The first kappa shape index (κ1) is 18.7. The van der Waals surface area contributed by atoms with E-state index < -0.39 is 0 Å². The van der Waals surface area contributed by atoms with Gasteiger partial charge in [-0.2, -0.15) is 0 Å². The standard InChI is InChI=1S/C21H27N5O2/c27-21(22-14-18-5-4-12-28-18)19-13-20(24-15-23-19)25-16-6-8-17(9-7-16)26-10-2-1-3-11-26/h6-9,13,15,18H,1-5,10-12,14H2,(H,22,27)(H,23,24,25). The van der Waals surface area contributed by atoms with Crippen LogP contribution in [0.3, 0.4) is 0 Å². The lowest BCUT2D eigenvalue weighted by Gasteiger charge is -2.28. The molecule has 0 bridgehead atoms. The van der Waals surface area contributed by atoms with E-state index in [0.29, 0.717) is 18.1 Å². The van der Waals surface area contributed by atoms with Crippen molar-refractivity contribution in [3.63, 3.8) is 0 Å². The molecule has 1 amide bonds. The van der Waals surface area contributed by atoms with Crippen LogP contribution in [-0.2, 0) is 4.74 Å². The normalized spacial score (nSPS) is 19.4. The summed E-state index contributed by atoms with van der Waals surface area (Å²) in [6.07, 6.45) is 7.42. The molecule has 0 spiro atoms. The van der Waals surface area contributed by atoms with Gasteiger partial charge in [0.05, 0.1) is 6.10 Å². The van der Waals surface area contributed by atoms with Gasteiger partial charge in [0.2, 0.25) is 0 Å². The van der Waals surface area contributed by atoms with Crippen LogP contribution in [0.4, 0.5) is 17.2 Å². The van der Waals surface area contributed by atoms with E-state index in [1.165, 1.54) is 31.3 Å². The molecule has 0 radical (unpaired) electrons. The van der Waals surface area contributed by atoms with Crippen molar-refractivity contribution in [3.8, 4) is 0 Å². The summed E-state index contributed by atoms with van der Waals surface area (Å²) in [4.78, 5) is 23.1. The molecule has 2 aliphatic rings. The predicted octanol–water partition coefficient (Wildman–Crippen LogP) is 3.12. The van der Waals surface area contributed by atoms with Crippen LogP contribution in [0, 0.1) is 0 Å². The average Bonchev–Trinajstić information content (AvgIpc) is 3.27. The number of ether oxygens (including phenoxy) is 1. The van der Waals surface area contributed by atoms with E-state index in [9.17, 15) is 4.79 Å². The van der Waals surface area contributed by atoms with Gasteiger partial charge in [0.15, 0.2) is 0 Å². The first-order valence-electron chi connectivity index (χ1n) is 10.1. The van der Waals surface area contributed by atoms with Crippen molar-refractivity contribution in [2.75, 3.05) is 36.5 Å². The molecule has 2 saturated heterocycles. The van der Waals surface area contributed by atoms with E-state index in [4.69, 9.17) is 4.74 Å². The van der Waals surface area contributed by atoms with Gasteiger partial charge >= 0.3 is 0 Å². The van der Waals surface area contributed by atoms with Gasteiger partial charge in [0.25, 0.3) is 5.91 Å². The molecule has 2 fully saturated rings. The molecule has 1 atom stereocenters. The van der Waals surface area contributed by atoms with Crippen LogP contribution >= 0.6 is 0 Å². The Morgan fingerprint density at radius 2 is 1.93 bits per heavy atom. The molecule has 0 aliphatic carbocycles. The molecule has 1 unspecified atom stereocenters. The smallest absolute Gasteiger partial charge is 0.270 e. The fourth-order valence-corrected chi connectivity index (χ4v) is 3.71. The fourth-order valence-electron chi connectivity index (χ4n) is 3.71. The maximum Gasteiger partial charge on any atom is 0.270 e. The van der Waals surface area contributed by atoms with E-state index in [0.717, 1.165) is 38.2 Å². The minimum atomic E-state index is -0.207. The average molecular weight is 381 g/mol. The summed E-state index contributed by atoms with van der Waals surface area (Å²) < 4.78 is 5.53. The summed E-state index contributed by atoms with van der Waals surface area (Å²) in [5.74, 6) is 0.393. The summed E-state index contributed by atoms with van der Waals surface area (Å²) in [6.45, 7) is 3.55. The summed E-state index contributed by atoms with van der Waals surface area (Å²) >= 11 is 0. The number of hydrogen-bond acceptors (Lipinski definition) is 6. The molecule has 7 nitrogen and oxygen atoms in total. The van der Waals surface area contributed by atoms with Crippen molar-refractivity contribution in [2.45, 2.75) is 38.2 Å². The van der Waals surface area contributed by atoms with Crippen molar-refractivity contribution in [1.29, 1.82) is 0 Å². The first-order chi connectivity index (χ1) is 13.8. The predicted molar refractivity (Wildman–Crippen MR) is 109 cm³/mol. The van der Waals surface area contributed by atoms with E-state index in [-0.39, 0.29) is 12.0 Å². The molecular formula is C21H27N5O2. The Morgan fingerprint density at radius 1 is 1.11 bits per heavy atom. The third kappa shape index (κ3) is 4.78. The Balaban J connectivity index is 1.35. The summed E-state index contributed by atoms with van der Waals surface area (Å²) in [7, 11) is 0. The molecule has 28 heavy (non-hydrogen) atoms. The van der Waals surface area contributed by atoms with Crippen LogP contribution in [-0.4, -0.2) is 48.2 Å². The third-order valence-corrected chi connectivity index (χ3v) is 5.27. The molecule has 2 aliphatic heterocycles. The van der Waals surface area contributed by atoms with Gasteiger partial charge in [-0.3, -0.25) is 4.79 Å². The zero-order chi connectivity index (χ0) is 19.2. The van der Waals surface area contributed by atoms with Gasteiger partial charge in [-0.15, -0.1) is 0 Å². The number of nitrogens with one attached hydrogen (secondary N) is 2. The van der Waals surface area contributed by atoms with Crippen molar-refractivity contribution in [2.24, 2.45) is 0 Å². The second-order valence-corrected chi connectivity index (χ2v) is 7.35. The van der Waals surface area contributed by atoms with Crippen molar-refractivity contribution in [1.82, 2.24) is 15.3 Å². The van der Waals surface area contributed by atoms with Crippen LogP contribution in [0.15, 0.2) is 36.7 Å². The number of benzene rings is 1. The number of carbonyl (C=O) groups is 1. The maximum absolute atomic E-state index is 12.3. The fraction of sp³-hybridized carbons (Fsp3) is 0.476. The highest BCUT2D eigenvalue weighted by molar-refractivity contribution is 5.93. The van der Waals surface area contributed by atoms with Crippen molar-refractivity contribution in [3.05, 3.63) is 42.4 Å². The zero-order valence-corrected chi connectivity index (χ0v) is 16.1. The quantitative estimate of drug-likeness (QED) is 0.800. The van der Waals surface area contributed by atoms with Gasteiger partial charge in [-0.25, -0.2) is 9.97 Å². The highest BCUT2D eigenvalue weighted by Gasteiger charge is 2.17. The van der Waals surface area contributed by atoms with Gasteiger partial charge < -0.3 is 20.3 Å². The van der Waals surface area contributed by atoms with Gasteiger partial charge in [-0.05, 0) is 56.4 Å². The molecule has 2 aromatic rings. The number of hydrogen-bond donors (Lipinski definition) is 2. The Hall–Kier alpha value is -2.67. The molecule has 1 aromatic heterocycles. The SMILES string of the molecule is O=C(NCC1CCCO1)c1cc(Nc2ccc(N3CCCCC3)cc2)ncn1. The number of rotatable bonds is 6. The van der Waals surface area contributed by atoms with Crippen LogP contribution in [0.25, 0.3) is 0 Å². The Kier molecular flexibility index (Phi) is 6.01. The van der Waals surface area contributed by atoms with E-state index in [1.807, 2.05) is 12.1 Å². The van der Waals surface area contributed by atoms with Crippen molar-refractivity contribution < 1.29 is 9.53 Å². The van der Waals surface area contributed by atoms with E-state index in [1.54, 1.807) is 6.07 Å². The molecule has 1 aromatic carbocycles. The van der Waals surface area contributed by atoms with E-state index in [2.05, 4.69) is 37.6 Å². The van der Waals surface area contributed by atoms with Gasteiger partial charge in [0, 0.05) is 43.7 Å². The zero-order valence-electron chi connectivity index (χ0n) is 16.1. The molecule has 7 heteroatoms. The van der Waals surface area contributed by atoms with Crippen molar-refractivity contribution >= 4 is 23.1 Å². The number of nitrogens with zero attached hydrogens (tertiary/aromatic N) is 3. The topological polar surface area (TPSA) is 79.4 Å². The molecule has 3 heterocycles. The molecular weight excluding hydrogens is 354 g/mol. The lowest BCUT2D eigenvalue weighted by Crippen LogP contribution is -2.32. The lowest BCUT2D eigenvalue weighted by molar-refractivity contribution is 0.0853. The summed E-state index contributed by atoms with van der Waals surface area (Å²) in [6, 6.07) is 10.0. The first-order valence-corrected chi connectivity index (χ1v) is 10.1. The number of anilines is 3. The maximum atomic E-state index is 12.3. The largest absolute Gasteiger partial charge is 0.376 e. The van der Waals surface area contributed by atoms with Gasteiger partial charge in [-0.1, -0.05) is 0 Å². The van der Waals surface area contributed by atoms with E-state index >= 15 is 0 Å².